The van der Waals surface area contributed by atoms with Crippen LogP contribution in [0.2, 0.25) is 5.02 Å². The zero-order chi connectivity index (χ0) is 21.5. The lowest BCUT2D eigenvalue weighted by molar-refractivity contribution is -0.115. The molecule has 31 heavy (non-hydrogen) atoms. The van der Waals surface area contributed by atoms with E-state index in [2.05, 4.69) is 25.8 Å². The second kappa shape index (κ2) is 11.9. The number of ether oxygens (including phenoxy) is 1. The molecule has 3 rings (SSSR count). The van der Waals surface area contributed by atoms with Crippen LogP contribution in [0.4, 0.5) is 15.8 Å². The predicted molar refractivity (Wildman–Crippen MR) is 134 cm³/mol. The highest BCUT2D eigenvalue weighted by Crippen LogP contribution is 2.33. The van der Waals surface area contributed by atoms with Crippen molar-refractivity contribution >= 4 is 58.8 Å². The predicted octanol–water partition coefficient (Wildman–Crippen LogP) is 3.49. The fraction of sp³-hybridized carbons (Fsp3) is 0.333. The third-order valence-electron chi connectivity index (χ3n) is 4.78. The molecule has 1 amide bonds. The van der Waals surface area contributed by atoms with E-state index in [1.54, 1.807) is 20.2 Å². The van der Waals surface area contributed by atoms with E-state index < -0.39 is 0 Å². The molecule has 2 aromatic carbocycles. The van der Waals surface area contributed by atoms with Crippen LogP contribution in [-0.4, -0.2) is 51.7 Å². The molecule has 3 N–H and O–H groups in total. The highest BCUT2D eigenvalue weighted by Gasteiger charge is 2.25. The topological polar surface area (TPSA) is 78.0 Å². The zero-order valence-electron chi connectivity index (χ0n) is 17.3. The summed E-state index contributed by atoms with van der Waals surface area (Å²) in [6.07, 6.45) is 0.901. The number of carbonyl (C=O) groups is 1. The minimum absolute atomic E-state index is 0. The molecule has 0 saturated carbocycles. The number of benzene rings is 2. The van der Waals surface area contributed by atoms with Crippen molar-refractivity contribution in [3.63, 3.8) is 0 Å². The first-order valence-electron chi connectivity index (χ1n) is 9.59. The largest absolute Gasteiger partial charge is 0.495 e. The van der Waals surface area contributed by atoms with Gasteiger partial charge in [-0.15, -0.1) is 24.0 Å². The van der Waals surface area contributed by atoms with Crippen LogP contribution in [0.3, 0.4) is 0 Å². The van der Waals surface area contributed by atoms with Gasteiger partial charge in [-0.2, -0.15) is 0 Å². The van der Waals surface area contributed by atoms with Crippen molar-refractivity contribution in [3.8, 4) is 5.75 Å². The average molecular weight is 562 g/mol. The van der Waals surface area contributed by atoms with Crippen molar-refractivity contribution in [2.45, 2.75) is 12.5 Å². The first-order chi connectivity index (χ1) is 14.5. The Morgan fingerprint density at radius 2 is 2.03 bits per heavy atom. The lowest BCUT2D eigenvalue weighted by Crippen LogP contribution is -2.46. The maximum atomic E-state index is 12.9. The molecule has 10 heteroatoms. The fourth-order valence-electron chi connectivity index (χ4n) is 3.30. The molecule has 1 heterocycles. The van der Waals surface area contributed by atoms with Crippen molar-refractivity contribution in [1.29, 1.82) is 0 Å². The number of guanidine groups is 1. The number of aliphatic imine (C=N–C) groups is 1. The van der Waals surface area contributed by atoms with Crippen LogP contribution in [0, 0.1) is 5.82 Å². The van der Waals surface area contributed by atoms with Crippen LogP contribution in [0.25, 0.3) is 0 Å². The molecular formula is C21H26ClFIN5O2. The number of nitrogens with one attached hydrogen (secondary N) is 3. The molecule has 1 aliphatic heterocycles. The maximum absolute atomic E-state index is 12.9. The SMILES string of the molecule is CN=C(NCC(=O)Nc1ccc(F)cc1)NC1CCN(c2cc(Cl)ccc2OC)C1.I. The summed E-state index contributed by atoms with van der Waals surface area (Å²) >= 11 is 6.15. The molecule has 0 aliphatic carbocycles. The molecule has 0 aromatic heterocycles. The van der Waals surface area contributed by atoms with Gasteiger partial charge in [0.05, 0.1) is 19.3 Å². The normalized spacial score (nSPS) is 15.8. The summed E-state index contributed by atoms with van der Waals surface area (Å²) in [6, 6.07) is 11.3. The van der Waals surface area contributed by atoms with Crippen LogP contribution in [0.5, 0.6) is 5.75 Å². The highest BCUT2D eigenvalue weighted by molar-refractivity contribution is 14.0. The fourth-order valence-corrected chi connectivity index (χ4v) is 3.46. The molecule has 0 bridgehead atoms. The molecule has 1 aliphatic rings. The van der Waals surface area contributed by atoms with Crippen molar-refractivity contribution in [1.82, 2.24) is 10.6 Å². The first kappa shape index (κ1) is 25.0. The Morgan fingerprint density at radius 3 is 2.71 bits per heavy atom. The van der Waals surface area contributed by atoms with Gasteiger partial charge in [0.1, 0.15) is 11.6 Å². The summed E-state index contributed by atoms with van der Waals surface area (Å²) in [6.45, 7) is 1.63. The summed E-state index contributed by atoms with van der Waals surface area (Å²) in [5.74, 6) is 0.715. The highest BCUT2D eigenvalue weighted by atomic mass is 127. The van der Waals surface area contributed by atoms with E-state index in [0.29, 0.717) is 16.7 Å². The van der Waals surface area contributed by atoms with Crippen molar-refractivity contribution in [2.75, 3.05) is 44.0 Å². The molecular weight excluding hydrogens is 536 g/mol. The molecule has 1 saturated heterocycles. The second-order valence-corrected chi connectivity index (χ2v) is 7.31. The Kier molecular flexibility index (Phi) is 9.63. The monoisotopic (exact) mass is 561 g/mol. The van der Waals surface area contributed by atoms with Crippen molar-refractivity contribution in [3.05, 3.63) is 53.3 Å². The van der Waals surface area contributed by atoms with Gasteiger partial charge in [0, 0.05) is 36.9 Å². The van der Waals surface area contributed by atoms with E-state index in [0.717, 1.165) is 30.9 Å². The molecule has 0 spiro atoms. The van der Waals surface area contributed by atoms with Gasteiger partial charge in [-0.05, 0) is 48.9 Å². The summed E-state index contributed by atoms with van der Waals surface area (Å²) in [5, 5.41) is 9.70. The van der Waals surface area contributed by atoms with Gasteiger partial charge in [0.15, 0.2) is 5.96 Å². The van der Waals surface area contributed by atoms with E-state index in [9.17, 15) is 9.18 Å². The molecule has 1 fully saturated rings. The van der Waals surface area contributed by atoms with Gasteiger partial charge in [-0.1, -0.05) is 11.6 Å². The average Bonchev–Trinajstić information content (AvgIpc) is 3.21. The van der Waals surface area contributed by atoms with Gasteiger partial charge in [0.25, 0.3) is 0 Å². The molecule has 7 nitrogen and oxygen atoms in total. The number of nitrogens with zero attached hydrogens (tertiary/aromatic N) is 2. The molecule has 1 atom stereocenters. The minimum Gasteiger partial charge on any atom is -0.495 e. The zero-order valence-corrected chi connectivity index (χ0v) is 20.4. The minimum atomic E-state index is -0.350. The van der Waals surface area contributed by atoms with Gasteiger partial charge in [-0.25, -0.2) is 4.39 Å². The number of hydrogen-bond acceptors (Lipinski definition) is 4. The number of methoxy groups -OCH3 is 1. The summed E-state index contributed by atoms with van der Waals surface area (Å²) in [4.78, 5) is 18.5. The van der Waals surface area contributed by atoms with E-state index in [-0.39, 0.29) is 48.3 Å². The number of amides is 1. The first-order valence-corrected chi connectivity index (χ1v) is 9.97. The Morgan fingerprint density at radius 1 is 1.29 bits per heavy atom. The summed E-state index contributed by atoms with van der Waals surface area (Å²) < 4.78 is 18.4. The van der Waals surface area contributed by atoms with Crippen LogP contribution in [0.1, 0.15) is 6.42 Å². The third-order valence-corrected chi connectivity index (χ3v) is 5.01. The lowest BCUT2D eigenvalue weighted by Gasteiger charge is -2.22. The smallest absolute Gasteiger partial charge is 0.243 e. The van der Waals surface area contributed by atoms with Gasteiger partial charge in [0.2, 0.25) is 5.91 Å². The van der Waals surface area contributed by atoms with Crippen LogP contribution in [0.15, 0.2) is 47.5 Å². The van der Waals surface area contributed by atoms with Crippen LogP contribution in [-0.2, 0) is 4.79 Å². The standard InChI is InChI=1S/C21H25ClFN5O2.HI/c1-24-21(25-12-20(29)26-16-6-4-15(23)5-7-16)27-17-9-10-28(13-17)18-11-14(22)3-8-19(18)30-2;/h3-8,11,17H,9-10,12-13H2,1-2H3,(H,26,29)(H2,24,25,27);1H. The number of hydrogen-bond donors (Lipinski definition) is 3. The maximum Gasteiger partial charge on any atom is 0.243 e. The van der Waals surface area contributed by atoms with Crippen molar-refractivity contribution in [2.24, 2.45) is 4.99 Å². The molecule has 0 radical (unpaired) electrons. The van der Waals surface area contributed by atoms with E-state index >= 15 is 0 Å². The molecule has 2 aromatic rings. The lowest BCUT2D eigenvalue weighted by atomic mass is 10.2. The quantitative estimate of drug-likeness (QED) is 0.286. The van der Waals surface area contributed by atoms with Gasteiger partial charge >= 0.3 is 0 Å². The Balaban J connectivity index is 0.00000341. The number of rotatable bonds is 6. The van der Waals surface area contributed by atoms with E-state index in [1.807, 2.05) is 12.1 Å². The Hall–Kier alpha value is -2.27. The van der Waals surface area contributed by atoms with Gasteiger partial charge in [-0.3, -0.25) is 9.79 Å². The number of carbonyl (C=O) groups excluding carboxylic acids is 1. The molecule has 168 valence electrons. The number of halogens is 3. The van der Waals surface area contributed by atoms with Gasteiger partial charge < -0.3 is 25.6 Å². The van der Waals surface area contributed by atoms with Crippen LogP contribution < -0.4 is 25.6 Å². The van der Waals surface area contributed by atoms with Crippen molar-refractivity contribution < 1.29 is 13.9 Å². The summed E-state index contributed by atoms with van der Waals surface area (Å²) in [5.41, 5.74) is 1.49. The summed E-state index contributed by atoms with van der Waals surface area (Å²) in [7, 11) is 3.29. The van der Waals surface area contributed by atoms with E-state index in [4.69, 9.17) is 16.3 Å². The van der Waals surface area contributed by atoms with E-state index in [1.165, 1.54) is 24.3 Å². The number of anilines is 2. The van der Waals surface area contributed by atoms with Crippen LogP contribution >= 0.6 is 35.6 Å². The Labute approximate surface area is 203 Å². The Bertz CT molecular complexity index is 913. The third kappa shape index (κ3) is 7.13. The second-order valence-electron chi connectivity index (χ2n) is 6.87. The molecule has 1 unspecified atom stereocenters.